The quantitative estimate of drug-likeness (QED) is 0.166. The molecule has 10 heteroatoms. The number of aliphatic imine (C=N–C) groups is 1. The third-order valence-electron chi connectivity index (χ3n) is 7.22. The molecule has 2 atom stereocenters. The number of hydrogen-bond acceptors (Lipinski definition) is 8. The highest BCUT2D eigenvalue weighted by atomic mass is 32.1. The molecule has 1 radical (unpaired) electrons. The molecule has 0 saturated carbocycles. The highest BCUT2D eigenvalue weighted by Crippen LogP contribution is 2.47. The van der Waals surface area contributed by atoms with Crippen molar-refractivity contribution in [3.63, 3.8) is 0 Å². The lowest BCUT2D eigenvalue weighted by atomic mass is 9.86. The lowest BCUT2D eigenvalue weighted by Crippen LogP contribution is -2.25. The van der Waals surface area contributed by atoms with Crippen molar-refractivity contribution in [2.75, 3.05) is 12.4 Å². The maximum Gasteiger partial charge on any atom is 0.308 e. The average Bonchev–Trinajstić information content (AvgIpc) is 3.44. The molecule has 0 fully saturated rings. The van der Waals surface area contributed by atoms with Crippen molar-refractivity contribution < 1.29 is 14.0 Å². The van der Waals surface area contributed by atoms with Gasteiger partial charge in [-0.3, -0.25) is 14.4 Å². The van der Waals surface area contributed by atoms with E-state index in [2.05, 4.69) is 85.1 Å². The van der Waals surface area contributed by atoms with Crippen LogP contribution in [0.2, 0.25) is 13.1 Å². The maximum absolute atomic E-state index is 12.5. The van der Waals surface area contributed by atoms with Crippen LogP contribution in [0, 0.1) is 19.3 Å². The second kappa shape index (κ2) is 11.9. The van der Waals surface area contributed by atoms with Crippen molar-refractivity contribution >= 4 is 43.4 Å². The van der Waals surface area contributed by atoms with Crippen LogP contribution in [-0.2, 0) is 14.0 Å². The lowest BCUT2D eigenvalue weighted by molar-refractivity contribution is -0.141. The Morgan fingerprint density at radius 3 is 2.33 bits per heavy atom. The highest BCUT2D eigenvalue weighted by Gasteiger charge is 2.37. The van der Waals surface area contributed by atoms with Crippen molar-refractivity contribution in [2.24, 2.45) is 10.4 Å². The first-order valence-corrected chi connectivity index (χ1v) is 17.3. The molecule has 0 aliphatic carbocycles. The molecule has 5 rings (SSSR count). The summed E-state index contributed by atoms with van der Waals surface area (Å²) in [5.74, 6) is 1.03. The van der Waals surface area contributed by atoms with Crippen LogP contribution in [-0.4, -0.2) is 42.6 Å². The molecule has 3 heterocycles. The number of carbonyl (C=O) groups is 1. The normalized spacial score (nSPS) is 15.5. The molecule has 2 aromatic carbocycles. The van der Waals surface area contributed by atoms with Crippen LogP contribution in [0.3, 0.4) is 0 Å². The van der Waals surface area contributed by atoms with E-state index in [4.69, 9.17) is 14.2 Å². The van der Waals surface area contributed by atoms with E-state index in [1.54, 1.807) is 11.3 Å². The van der Waals surface area contributed by atoms with Crippen molar-refractivity contribution in [3.05, 3.63) is 87.8 Å². The van der Waals surface area contributed by atoms with Crippen LogP contribution in [0.25, 0.3) is 5.00 Å². The van der Waals surface area contributed by atoms with Gasteiger partial charge in [-0.15, -0.1) is 21.5 Å². The van der Waals surface area contributed by atoms with Crippen LogP contribution >= 0.6 is 11.3 Å². The Balaban J connectivity index is 1.69. The van der Waals surface area contributed by atoms with Crippen molar-refractivity contribution in [3.8, 4) is 5.00 Å². The summed E-state index contributed by atoms with van der Waals surface area (Å²) in [4.78, 5) is 19.0. The van der Waals surface area contributed by atoms with Crippen molar-refractivity contribution in [1.82, 2.24) is 14.8 Å². The number of para-hydroxylation sites is 1. The predicted molar refractivity (Wildman–Crippen MR) is 171 cm³/mol. The smallest absolute Gasteiger partial charge is 0.308 e. The fourth-order valence-corrected chi connectivity index (χ4v) is 7.85. The second-order valence-corrected chi connectivity index (χ2v) is 14.9. The summed E-state index contributed by atoms with van der Waals surface area (Å²) in [7, 11) is 0.420. The topological polar surface area (TPSA) is 90.6 Å². The van der Waals surface area contributed by atoms with Crippen LogP contribution in [0.1, 0.15) is 72.6 Å². The van der Waals surface area contributed by atoms with Crippen LogP contribution in [0.4, 0.5) is 11.4 Å². The molecule has 0 bridgehead atoms. The number of nitrogens with one attached hydrogen (secondary N) is 1. The number of anilines is 2. The molecule has 0 spiro atoms. The monoisotopic (exact) mass is 600 g/mol. The first kappa shape index (κ1) is 29.9. The Labute approximate surface area is 253 Å². The number of aryl methyl sites for hydroxylation is 1. The fourth-order valence-electron chi connectivity index (χ4n) is 5.18. The number of carbonyl (C=O) groups excluding carboxylic acids is 1. The number of rotatable bonds is 8. The Morgan fingerprint density at radius 2 is 1.71 bits per heavy atom. The average molecular weight is 601 g/mol. The molecule has 8 nitrogen and oxygen atoms in total. The minimum absolute atomic E-state index is 0.0673. The van der Waals surface area contributed by atoms with Gasteiger partial charge in [-0.25, -0.2) is 0 Å². The van der Waals surface area contributed by atoms with Crippen LogP contribution in [0.15, 0.2) is 59.6 Å². The molecule has 1 aliphatic heterocycles. The third kappa shape index (κ3) is 5.97. The molecule has 1 N–H and O–H groups in total. The summed E-state index contributed by atoms with van der Waals surface area (Å²) >= 11 is 1.71. The van der Waals surface area contributed by atoms with Crippen molar-refractivity contribution in [1.29, 1.82) is 0 Å². The second-order valence-electron chi connectivity index (χ2n) is 11.8. The van der Waals surface area contributed by atoms with Crippen LogP contribution in [0.5, 0.6) is 0 Å². The van der Waals surface area contributed by atoms with E-state index in [1.165, 1.54) is 12.0 Å². The maximum atomic E-state index is 12.5. The zero-order valence-electron chi connectivity index (χ0n) is 25.5. The van der Waals surface area contributed by atoms with Gasteiger partial charge < -0.3 is 14.5 Å². The van der Waals surface area contributed by atoms with Gasteiger partial charge in [-0.2, -0.15) is 0 Å². The Hall–Kier alpha value is -3.60. The van der Waals surface area contributed by atoms with E-state index in [0.29, 0.717) is 5.82 Å². The minimum atomic E-state index is -0.978. The first-order valence-electron chi connectivity index (χ1n) is 14.1. The van der Waals surface area contributed by atoms with Gasteiger partial charge in [0, 0.05) is 27.4 Å². The Kier molecular flexibility index (Phi) is 8.50. The van der Waals surface area contributed by atoms with E-state index in [0.717, 1.165) is 44.6 Å². The molecular formula is C32H38N5O3SSi. The molecule has 0 amide bonds. The highest BCUT2D eigenvalue weighted by molar-refractivity contribution is 7.15. The van der Waals surface area contributed by atoms with Gasteiger partial charge in [-0.05, 0) is 62.2 Å². The number of aromatic nitrogens is 3. The van der Waals surface area contributed by atoms with E-state index < -0.39 is 15.1 Å². The van der Waals surface area contributed by atoms with Gasteiger partial charge in [0.1, 0.15) is 16.9 Å². The number of methoxy groups -OCH3 is 1. The van der Waals surface area contributed by atoms with Crippen molar-refractivity contribution in [2.45, 2.75) is 66.3 Å². The van der Waals surface area contributed by atoms with E-state index in [-0.39, 0.29) is 23.9 Å². The third-order valence-corrected chi connectivity index (χ3v) is 9.25. The Morgan fingerprint density at radius 1 is 1.05 bits per heavy atom. The van der Waals surface area contributed by atoms with Gasteiger partial charge in [0.25, 0.3) is 0 Å². The summed E-state index contributed by atoms with van der Waals surface area (Å²) in [6, 6.07) is 17.8. The lowest BCUT2D eigenvalue weighted by Gasteiger charge is -2.32. The number of thiophene rings is 1. The number of ether oxygens (including phenoxy) is 1. The summed E-state index contributed by atoms with van der Waals surface area (Å²) in [5.41, 5.74) is 5.80. The Bertz CT molecular complexity index is 1600. The number of nitrogens with zero attached hydrogens (tertiary/aromatic N) is 4. The van der Waals surface area contributed by atoms with E-state index in [1.807, 2.05) is 37.3 Å². The van der Waals surface area contributed by atoms with Gasteiger partial charge >= 0.3 is 5.97 Å². The van der Waals surface area contributed by atoms with Gasteiger partial charge in [0.15, 0.2) is 5.82 Å². The van der Waals surface area contributed by atoms with Gasteiger partial charge in [0.05, 0.1) is 25.3 Å². The zero-order valence-corrected chi connectivity index (χ0v) is 27.3. The number of benzene rings is 2. The molecule has 1 aliphatic rings. The van der Waals surface area contributed by atoms with Gasteiger partial charge in [-0.1, -0.05) is 51.1 Å². The molecular weight excluding hydrogens is 563 g/mol. The first-order chi connectivity index (χ1) is 20.0. The molecule has 1 unspecified atom stereocenters. The largest absolute Gasteiger partial charge is 0.469 e. The predicted octanol–water partition coefficient (Wildman–Crippen LogP) is 7.50. The zero-order chi connectivity index (χ0) is 30.2. The van der Waals surface area contributed by atoms with Crippen LogP contribution < -0.4 is 5.32 Å². The molecule has 219 valence electrons. The minimum Gasteiger partial charge on any atom is -0.469 e. The molecule has 0 saturated heterocycles. The van der Waals surface area contributed by atoms with Gasteiger partial charge in [0.2, 0.25) is 9.04 Å². The standard InChI is InChI=1S/C32H38N5O3SSi/c1-19-26-27(21-14-16-23(17-15-21)33-22-12-10-9-11-13-22)34-24(18-25(38)39-6)30-36-35-20(2)37(30)31(26)41-28(19)29(32(3,4)5)40-42(7)8/h9-17,24,29,33H,18H2,1-8H3/t24-,29?/m0/s1. The number of hydrogen-bond donors (Lipinski definition) is 1. The fraction of sp³-hybridized carbons (Fsp3) is 0.375. The number of esters is 1. The SMILES string of the molecule is COC(=O)C[C@@H]1N=C(c2ccc(Nc3ccccc3)cc2)c2c(sc(C(O[Si](C)C)C(C)(C)C)c2C)-n2c(C)nnc21. The molecule has 4 aromatic rings. The number of fused-ring (bicyclic) bond motifs is 3. The molecule has 2 aromatic heterocycles. The van der Waals surface area contributed by atoms with E-state index in [9.17, 15) is 4.79 Å². The summed E-state index contributed by atoms with van der Waals surface area (Å²) in [6.07, 6.45) is -0.0132. The summed E-state index contributed by atoms with van der Waals surface area (Å²) in [6.45, 7) is 15.1. The summed E-state index contributed by atoms with van der Waals surface area (Å²) in [5, 5.41) is 13.4. The molecule has 42 heavy (non-hydrogen) atoms. The summed E-state index contributed by atoms with van der Waals surface area (Å²) < 4.78 is 13.8. The van der Waals surface area contributed by atoms with E-state index >= 15 is 0 Å².